The third-order valence-corrected chi connectivity index (χ3v) is 3.45. The summed E-state index contributed by atoms with van der Waals surface area (Å²) < 4.78 is 4.83. The van der Waals surface area contributed by atoms with Gasteiger partial charge in [0, 0.05) is 7.11 Å². The molecule has 0 bridgehead atoms. The van der Waals surface area contributed by atoms with Crippen molar-refractivity contribution in [3.05, 3.63) is 0 Å². The zero-order chi connectivity index (χ0) is 10.0. The maximum absolute atomic E-state index is 9.54. The van der Waals surface area contributed by atoms with Gasteiger partial charge in [-0.3, -0.25) is 0 Å². The van der Waals surface area contributed by atoms with Crippen molar-refractivity contribution in [1.29, 1.82) is 0 Å². The summed E-state index contributed by atoms with van der Waals surface area (Å²) >= 11 is 0.947. The first-order valence-electron chi connectivity index (χ1n) is 3.95. The predicted octanol–water partition coefficient (Wildman–Crippen LogP) is -1.85. The topological polar surface area (TPSA) is 90.2 Å². The molecule has 1 aliphatic rings. The van der Waals surface area contributed by atoms with E-state index >= 15 is 0 Å². The standard InChI is InChI=1S/C7H14O5S/c1-12-6-4(9)3(2-8)13-7(11)5(6)10/h3-11H,2H2,1H3/t3-,4+,5+,6-,7+/m0/s1. The van der Waals surface area contributed by atoms with Crippen molar-refractivity contribution in [2.45, 2.75) is 29.0 Å². The zero-order valence-electron chi connectivity index (χ0n) is 7.20. The normalized spacial score (nSPS) is 46.4. The Balaban J connectivity index is 2.69. The number of rotatable bonds is 2. The summed E-state index contributed by atoms with van der Waals surface area (Å²) in [6.07, 6.45) is -2.92. The molecule has 0 spiro atoms. The fraction of sp³-hybridized carbons (Fsp3) is 1.00. The fourth-order valence-corrected chi connectivity index (χ4v) is 2.42. The lowest BCUT2D eigenvalue weighted by Gasteiger charge is -2.38. The lowest BCUT2D eigenvalue weighted by molar-refractivity contribution is -0.113. The van der Waals surface area contributed by atoms with Crippen molar-refractivity contribution < 1.29 is 25.2 Å². The predicted molar refractivity (Wildman–Crippen MR) is 47.3 cm³/mol. The molecular weight excluding hydrogens is 196 g/mol. The van der Waals surface area contributed by atoms with Crippen molar-refractivity contribution >= 4 is 11.8 Å². The van der Waals surface area contributed by atoms with Crippen LogP contribution in [0.2, 0.25) is 0 Å². The molecular formula is C7H14O5S. The second kappa shape index (κ2) is 4.59. The van der Waals surface area contributed by atoms with Crippen molar-refractivity contribution in [3.63, 3.8) is 0 Å². The molecule has 0 unspecified atom stereocenters. The van der Waals surface area contributed by atoms with Gasteiger partial charge in [0.15, 0.2) is 0 Å². The Kier molecular flexibility index (Phi) is 3.96. The highest BCUT2D eigenvalue weighted by molar-refractivity contribution is 8.00. The number of thioether (sulfide) groups is 1. The van der Waals surface area contributed by atoms with E-state index in [1.807, 2.05) is 0 Å². The molecule has 0 aromatic rings. The van der Waals surface area contributed by atoms with E-state index in [0.717, 1.165) is 11.8 Å². The van der Waals surface area contributed by atoms with E-state index in [1.165, 1.54) is 7.11 Å². The Labute approximate surface area is 80.3 Å². The third kappa shape index (κ3) is 2.15. The van der Waals surface area contributed by atoms with Gasteiger partial charge in [-0.25, -0.2) is 0 Å². The molecule has 0 amide bonds. The molecule has 0 aromatic carbocycles. The summed E-state index contributed by atoms with van der Waals surface area (Å²) in [6, 6.07) is 0. The van der Waals surface area contributed by atoms with Crippen LogP contribution in [0.1, 0.15) is 0 Å². The van der Waals surface area contributed by atoms with Gasteiger partial charge >= 0.3 is 0 Å². The monoisotopic (exact) mass is 210 g/mol. The first kappa shape index (κ1) is 11.2. The van der Waals surface area contributed by atoms with E-state index in [2.05, 4.69) is 0 Å². The molecule has 5 nitrogen and oxygen atoms in total. The highest BCUT2D eigenvalue weighted by Crippen LogP contribution is 2.32. The summed E-state index contributed by atoms with van der Waals surface area (Å²) in [7, 11) is 1.34. The average molecular weight is 210 g/mol. The molecule has 4 N–H and O–H groups in total. The Morgan fingerprint density at radius 3 is 2.31 bits per heavy atom. The highest BCUT2D eigenvalue weighted by Gasteiger charge is 2.43. The van der Waals surface area contributed by atoms with Crippen LogP contribution in [0.4, 0.5) is 0 Å². The van der Waals surface area contributed by atoms with Gasteiger partial charge in [-0.1, -0.05) is 0 Å². The van der Waals surface area contributed by atoms with E-state index in [0.29, 0.717) is 0 Å². The number of aliphatic hydroxyl groups excluding tert-OH is 4. The number of hydrogen-bond acceptors (Lipinski definition) is 6. The smallest absolute Gasteiger partial charge is 0.128 e. The van der Waals surface area contributed by atoms with Crippen LogP contribution in [0.3, 0.4) is 0 Å². The summed E-state index contributed by atoms with van der Waals surface area (Å²) in [5.74, 6) is 0. The van der Waals surface area contributed by atoms with Crippen LogP contribution in [-0.4, -0.2) is 63.1 Å². The van der Waals surface area contributed by atoms with Crippen LogP contribution in [0.25, 0.3) is 0 Å². The van der Waals surface area contributed by atoms with Crippen LogP contribution in [0.15, 0.2) is 0 Å². The molecule has 78 valence electrons. The van der Waals surface area contributed by atoms with Crippen LogP contribution in [-0.2, 0) is 4.74 Å². The highest BCUT2D eigenvalue weighted by atomic mass is 32.2. The van der Waals surface area contributed by atoms with E-state index in [1.54, 1.807) is 0 Å². The number of aliphatic hydroxyl groups is 4. The molecule has 0 aliphatic carbocycles. The first-order chi connectivity index (χ1) is 6.11. The van der Waals surface area contributed by atoms with E-state index in [9.17, 15) is 15.3 Å². The van der Waals surface area contributed by atoms with E-state index < -0.39 is 29.0 Å². The SMILES string of the molecule is CO[C@@H]1[C@@H](O)[C@H](O)S[C@@H](CO)[C@H]1O. The molecule has 1 fully saturated rings. The number of ether oxygens (including phenoxy) is 1. The Bertz CT molecular complexity index is 167. The molecule has 1 aliphatic heterocycles. The van der Waals surface area contributed by atoms with Gasteiger partial charge < -0.3 is 25.2 Å². The van der Waals surface area contributed by atoms with Gasteiger partial charge in [-0.05, 0) is 0 Å². The van der Waals surface area contributed by atoms with Gasteiger partial charge in [0.2, 0.25) is 0 Å². The lowest BCUT2D eigenvalue weighted by Crippen LogP contribution is -2.54. The van der Waals surface area contributed by atoms with Crippen molar-refractivity contribution in [3.8, 4) is 0 Å². The fourth-order valence-electron chi connectivity index (χ4n) is 1.35. The van der Waals surface area contributed by atoms with Crippen LogP contribution >= 0.6 is 11.8 Å². The van der Waals surface area contributed by atoms with Crippen molar-refractivity contribution in [2.75, 3.05) is 13.7 Å². The minimum Gasteiger partial charge on any atom is -0.395 e. The quantitative estimate of drug-likeness (QED) is 0.428. The third-order valence-electron chi connectivity index (χ3n) is 2.11. The van der Waals surface area contributed by atoms with E-state index in [4.69, 9.17) is 9.84 Å². The van der Waals surface area contributed by atoms with Gasteiger partial charge in [0.05, 0.1) is 18.0 Å². The Hall–Kier alpha value is 0.150. The molecule has 1 rings (SSSR count). The maximum atomic E-state index is 9.54. The summed E-state index contributed by atoms with van der Waals surface area (Å²) in [4.78, 5) is 0. The lowest BCUT2D eigenvalue weighted by atomic mass is 10.0. The number of methoxy groups -OCH3 is 1. The van der Waals surface area contributed by atoms with E-state index in [-0.39, 0.29) is 6.61 Å². The van der Waals surface area contributed by atoms with Gasteiger partial charge in [0.25, 0.3) is 0 Å². The summed E-state index contributed by atoms with van der Waals surface area (Å²) in [5, 5.41) is 36.6. The molecule has 6 heteroatoms. The molecule has 0 saturated carbocycles. The summed E-state index contributed by atoms with van der Waals surface area (Å²) in [6.45, 7) is -0.254. The van der Waals surface area contributed by atoms with Crippen molar-refractivity contribution in [2.24, 2.45) is 0 Å². The maximum Gasteiger partial charge on any atom is 0.128 e. The molecule has 0 aromatic heterocycles. The van der Waals surface area contributed by atoms with Gasteiger partial charge in [-0.15, -0.1) is 11.8 Å². The van der Waals surface area contributed by atoms with Gasteiger partial charge in [-0.2, -0.15) is 0 Å². The molecule has 0 radical (unpaired) electrons. The Morgan fingerprint density at radius 1 is 1.23 bits per heavy atom. The largest absolute Gasteiger partial charge is 0.395 e. The zero-order valence-corrected chi connectivity index (χ0v) is 8.02. The molecule has 5 atom stereocenters. The van der Waals surface area contributed by atoms with Crippen LogP contribution < -0.4 is 0 Å². The van der Waals surface area contributed by atoms with Crippen LogP contribution in [0.5, 0.6) is 0 Å². The average Bonchev–Trinajstić information content (AvgIpc) is 2.12. The summed E-state index contributed by atoms with van der Waals surface area (Å²) in [5.41, 5.74) is -1.02. The molecule has 1 heterocycles. The van der Waals surface area contributed by atoms with Crippen LogP contribution in [0, 0.1) is 0 Å². The second-order valence-corrected chi connectivity index (χ2v) is 4.29. The molecule has 13 heavy (non-hydrogen) atoms. The minimum absolute atomic E-state index is 0.254. The van der Waals surface area contributed by atoms with Gasteiger partial charge in [0.1, 0.15) is 17.6 Å². The van der Waals surface area contributed by atoms with Crippen molar-refractivity contribution in [1.82, 2.24) is 0 Å². The second-order valence-electron chi connectivity index (χ2n) is 2.93. The first-order valence-corrected chi connectivity index (χ1v) is 4.89. The Morgan fingerprint density at radius 2 is 1.85 bits per heavy atom. The number of hydrogen-bond donors (Lipinski definition) is 4. The minimum atomic E-state index is -1.12. The molecule has 1 saturated heterocycles.